The van der Waals surface area contributed by atoms with Crippen molar-refractivity contribution < 1.29 is 4.79 Å². The minimum absolute atomic E-state index is 0.215. The van der Waals surface area contributed by atoms with Gasteiger partial charge in [-0.25, -0.2) is 0 Å². The molecule has 0 aliphatic carbocycles. The first kappa shape index (κ1) is 24.4. The Morgan fingerprint density at radius 3 is 1.48 bits per heavy atom. The van der Waals surface area contributed by atoms with Crippen LogP contribution in [0.15, 0.2) is 0 Å². The lowest BCUT2D eigenvalue weighted by molar-refractivity contribution is -0.121. The van der Waals surface area contributed by atoms with Crippen LogP contribution in [-0.2, 0) is 4.79 Å². The predicted octanol–water partition coefficient (Wildman–Crippen LogP) is 5.97. The monoisotopic (exact) mass is 354 g/mol. The molecule has 0 rings (SSSR count). The summed E-state index contributed by atoms with van der Waals surface area (Å²) in [6.07, 6.45) is 21.2. The van der Waals surface area contributed by atoms with Gasteiger partial charge in [0.25, 0.3) is 0 Å². The highest BCUT2D eigenvalue weighted by Gasteiger charge is 2.00. The van der Waals surface area contributed by atoms with E-state index in [4.69, 9.17) is 0 Å². The number of unbranched alkanes of at least 4 members (excludes halogenated alkanes) is 14. The van der Waals surface area contributed by atoms with Crippen molar-refractivity contribution in [3.63, 3.8) is 0 Å². The maximum Gasteiger partial charge on any atom is 0.220 e. The molecule has 3 nitrogen and oxygen atoms in total. The van der Waals surface area contributed by atoms with Gasteiger partial charge in [0.05, 0.1) is 0 Å². The van der Waals surface area contributed by atoms with Crippen LogP contribution in [0, 0.1) is 0 Å². The zero-order valence-corrected chi connectivity index (χ0v) is 17.3. The van der Waals surface area contributed by atoms with E-state index in [-0.39, 0.29) is 5.91 Å². The topological polar surface area (TPSA) is 41.1 Å². The van der Waals surface area contributed by atoms with Gasteiger partial charge in [-0.05, 0) is 13.0 Å². The van der Waals surface area contributed by atoms with Gasteiger partial charge in [-0.3, -0.25) is 4.79 Å². The van der Waals surface area contributed by atoms with Crippen LogP contribution in [0.2, 0.25) is 0 Å². The third-order valence-electron chi connectivity index (χ3n) is 4.88. The Morgan fingerprint density at radius 2 is 1.04 bits per heavy atom. The van der Waals surface area contributed by atoms with E-state index in [1.165, 1.54) is 89.9 Å². The first-order valence-corrected chi connectivity index (χ1v) is 11.3. The van der Waals surface area contributed by atoms with E-state index in [2.05, 4.69) is 24.5 Å². The number of likely N-dealkylation sites (N-methyl/N-ethyl adjacent to an activating group) is 1. The summed E-state index contributed by atoms with van der Waals surface area (Å²) >= 11 is 0. The van der Waals surface area contributed by atoms with Gasteiger partial charge in [0.2, 0.25) is 5.91 Å². The Labute approximate surface area is 158 Å². The maximum absolute atomic E-state index is 11.6. The minimum Gasteiger partial charge on any atom is -0.355 e. The molecule has 150 valence electrons. The zero-order valence-electron chi connectivity index (χ0n) is 17.3. The Kier molecular flexibility index (Phi) is 21.0. The van der Waals surface area contributed by atoms with E-state index >= 15 is 0 Å². The number of carbonyl (C=O) groups is 1. The van der Waals surface area contributed by atoms with Crippen molar-refractivity contribution in [2.45, 2.75) is 117 Å². The SMILES string of the molecule is CCCCCCCCCCCCCCCCCC(=O)NCCNCC. The average Bonchev–Trinajstić information content (AvgIpc) is 2.62. The number of hydrogen-bond donors (Lipinski definition) is 2. The van der Waals surface area contributed by atoms with Crippen LogP contribution in [0.1, 0.15) is 117 Å². The van der Waals surface area contributed by atoms with Crippen molar-refractivity contribution in [1.82, 2.24) is 10.6 Å². The Hall–Kier alpha value is -0.570. The van der Waals surface area contributed by atoms with Crippen LogP contribution in [-0.4, -0.2) is 25.5 Å². The van der Waals surface area contributed by atoms with Crippen LogP contribution in [0.3, 0.4) is 0 Å². The summed E-state index contributed by atoms with van der Waals surface area (Å²) in [6, 6.07) is 0. The molecule has 0 heterocycles. The fraction of sp³-hybridized carbons (Fsp3) is 0.955. The third kappa shape index (κ3) is 21.4. The lowest BCUT2D eigenvalue weighted by atomic mass is 10.0. The second-order valence-corrected chi connectivity index (χ2v) is 7.40. The van der Waals surface area contributed by atoms with Crippen LogP contribution in [0.25, 0.3) is 0 Å². The summed E-state index contributed by atoms with van der Waals surface area (Å²) in [4.78, 5) is 11.6. The van der Waals surface area contributed by atoms with Crippen LogP contribution in [0.5, 0.6) is 0 Å². The largest absolute Gasteiger partial charge is 0.355 e. The number of hydrogen-bond acceptors (Lipinski definition) is 2. The predicted molar refractivity (Wildman–Crippen MR) is 111 cm³/mol. The number of nitrogens with one attached hydrogen (secondary N) is 2. The molecule has 2 N–H and O–H groups in total. The van der Waals surface area contributed by atoms with Gasteiger partial charge >= 0.3 is 0 Å². The summed E-state index contributed by atoms with van der Waals surface area (Å²) in [5.74, 6) is 0.215. The molecule has 0 saturated heterocycles. The van der Waals surface area contributed by atoms with E-state index in [9.17, 15) is 4.79 Å². The van der Waals surface area contributed by atoms with E-state index in [0.717, 1.165) is 26.1 Å². The van der Waals surface area contributed by atoms with Gasteiger partial charge in [0.1, 0.15) is 0 Å². The molecule has 0 unspecified atom stereocenters. The highest BCUT2D eigenvalue weighted by molar-refractivity contribution is 5.75. The van der Waals surface area contributed by atoms with Crippen molar-refractivity contribution >= 4 is 5.91 Å². The molecule has 0 aromatic heterocycles. The lowest BCUT2D eigenvalue weighted by Crippen LogP contribution is -2.31. The molecule has 0 aliphatic heterocycles. The molecule has 0 spiro atoms. The summed E-state index contributed by atoms with van der Waals surface area (Å²) in [5, 5.41) is 6.18. The van der Waals surface area contributed by atoms with Gasteiger partial charge in [-0.15, -0.1) is 0 Å². The van der Waals surface area contributed by atoms with Crippen molar-refractivity contribution in [1.29, 1.82) is 0 Å². The van der Waals surface area contributed by atoms with Gasteiger partial charge in [-0.1, -0.05) is 104 Å². The molecule has 3 heteroatoms. The van der Waals surface area contributed by atoms with Crippen LogP contribution >= 0.6 is 0 Å². The van der Waals surface area contributed by atoms with Crippen LogP contribution < -0.4 is 10.6 Å². The first-order valence-electron chi connectivity index (χ1n) is 11.3. The Balaban J connectivity index is 3.08. The molecule has 25 heavy (non-hydrogen) atoms. The van der Waals surface area contributed by atoms with E-state index in [1.54, 1.807) is 0 Å². The second kappa shape index (κ2) is 21.5. The Morgan fingerprint density at radius 1 is 0.600 bits per heavy atom. The van der Waals surface area contributed by atoms with E-state index in [1.807, 2.05) is 0 Å². The van der Waals surface area contributed by atoms with Crippen molar-refractivity contribution in [2.75, 3.05) is 19.6 Å². The minimum atomic E-state index is 0.215. The van der Waals surface area contributed by atoms with Gasteiger partial charge in [-0.2, -0.15) is 0 Å². The summed E-state index contributed by atoms with van der Waals surface area (Å²) in [7, 11) is 0. The average molecular weight is 355 g/mol. The summed E-state index contributed by atoms with van der Waals surface area (Å²) in [5.41, 5.74) is 0. The highest BCUT2D eigenvalue weighted by Crippen LogP contribution is 2.13. The fourth-order valence-electron chi connectivity index (χ4n) is 3.21. The van der Waals surface area contributed by atoms with Crippen molar-refractivity contribution in [2.24, 2.45) is 0 Å². The molecular weight excluding hydrogens is 308 g/mol. The highest BCUT2D eigenvalue weighted by atomic mass is 16.1. The molecule has 0 aromatic rings. The molecule has 0 aromatic carbocycles. The van der Waals surface area contributed by atoms with Crippen molar-refractivity contribution in [3.8, 4) is 0 Å². The summed E-state index contributed by atoms with van der Waals surface area (Å²) in [6.45, 7) is 6.96. The standard InChI is InChI=1S/C22H46N2O/c1-3-5-6-7-8-9-10-11-12-13-14-15-16-17-18-19-22(25)24-21-20-23-4-2/h23H,3-21H2,1-2H3,(H,24,25). The molecular formula is C22H46N2O. The quantitative estimate of drug-likeness (QED) is 0.264. The number of rotatable bonds is 20. The molecule has 0 radical (unpaired) electrons. The van der Waals surface area contributed by atoms with Gasteiger partial charge in [0, 0.05) is 19.5 Å². The maximum atomic E-state index is 11.6. The van der Waals surface area contributed by atoms with Gasteiger partial charge < -0.3 is 10.6 Å². The Bertz CT molecular complexity index is 269. The summed E-state index contributed by atoms with van der Waals surface area (Å²) < 4.78 is 0. The fourth-order valence-corrected chi connectivity index (χ4v) is 3.21. The molecule has 0 fully saturated rings. The van der Waals surface area contributed by atoms with Crippen LogP contribution in [0.4, 0.5) is 0 Å². The smallest absolute Gasteiger partial charge is 0.220 e. The van der Waals surface area contributed by atoms with Gasteiger partial charge in [0.15, 0.2) is 0 Å². The number of carbonyl (C=O) groups excluding carboxylic acids is 1. The molecule has 0 saturated carbocycles. The first-order chi connectivity index (χ1) is 12.3. The van der Waals surface area contributed by atoms with E-state index in [0.29, 0.717) is 6.42 Å². The number of amides is 1. The normalized spacial score (nSPS) is 11.0. The molecule has 1 amide bonds. The van der Waals surface area contributed by atoms with E-state index < -0.39 is 0 Å². The lowest BCUT2D eigenvalue weighted by Gasteiger charge is -2.05. The zero-order chi connectivity index (χ0) is 18.4. The second-order valence-electron chi connectivity index (χ2n) is 7.40. The third-order valence-corrected chi connectivity index (χ3v) is 4.88. The molecule has 0 atom stereocenters. The molecule has 0 bridgehead atoms. The molecule has 0 aliphatic rings. The van der Waals surface area contributed by atoms with Crippen molar-refractivity contribution in [3.05, 3.63) is 0 Å².